The Morgan fingerprint density at radius 3 is 2.27 bits per heavy atom. The number of thiophene rings is 1. The van der Waals surface area contributed by atoms with E-state index in [1.807, 2.05) is 34.5 Å². The molecule has 0 saturated heterocycles. The van der Waals surface area contributed by atoms with E-state index in [9.17, 15) is 9.59 Å². The number of hydrogen-bond donors (Lipinski definition) is 1. The minimum atomic E-state index is -0.549. The molecule has 2 fully saturated rings. The number of carbonyl (C=O) groups is 2. The summed E-state index contributed by atoms with van der Waals surface area (Å²) in [7, 11) is 0. The highest BCUT2D eigenvalue weighted by Crippen LogP contribution is 2.36. The molecule has 2 aliphatic rings. The number of amides is 2. The predicted molar refractivity (Wildman–Crippen MR) is 122 cm³/mol. The van der Waals surface area contributed by atoms with Crippen molar-refractivity contribution < 1.29 is 9.59 Å². The first-order valence-electron chi connectivity index (χ1n) is 11.3. The van der Waals surface area contributed by atoms with Gasteiger partial charge in [0, 0.05) is 17.0 Å². The monoisotopic (exact) mass is 424 g/mol. The Kier molecular flexibility index (Phi) is 6.57. The average Bonchev–Trinajstić information content (AvgIpc) is 3.18. The van der Waals surface area contributed by atoms with Gasteiger partial charge in [-0.3, -0.25) is 9.59 Å². The topological polar surface area (TPSA) is 49.4 Å². The highest BCUT2D eigenvalue weighted by atomic mass is 32.1. The molecule has 2 saturated carbocycles. The molecule has 4 nitrogen and oxygen atoms in total. The van der Waals surface area contributed by atoms with Gasteiger partial charge in [-0.2, -0.15) is 0 Å². The number of nitrogens with zero attached hydrogens (tertiary/aromatic N) is 1. The van der Waals surface area contributed by atoms with Crippen molar-refractivity contribution in [2.24, 2.45) is 0 Å². The van der Waals surface area contributed by atoms with Gasteiger partial charge in [0.2, 0.25) is 11.8 Å². The van der Waals surface area contributed by atoms with E-state index in [1.165, 1.54) is 18.4 Å². The Morgan fingerprint density at radius 1 is 1.03 bits per heavy atom. The molecule has 1 N–H and O–H groups in total. The Labute approximate surface area is 183 Å². The van der Waals surface area contributed by atoms with E-state index >= 15 is 0 Å². The van der Waals surface area contributed by atoms with Gasteiger partial charge in [-0.05, 0) is 54.2 Å². The summed E-state index contributed by atoms with van der Waals surface area (Å²) in [4.78, 5) is 29.8. The zero-order chi connectivity index (χ0) is 21.1. The standard InChI is InChI=1S/C25H32N2O2S/c1-17(2)18-9-11-19(12-10-18)24(25(29)26-20-6-3-4-7-20)27(21-13-14-21)23(28)16-22-8-5-15-30-22/h5,8-12,15,17,20-21,24H,3-4,6-7,13-14,16H2,1-2H3,(H,26,29)/t24-/m0/s1. The molecule has 0 aliphatic heterocycles. The zero-order valence-corrected chi connectivity index (χ0v) is 18.8. The van der Waals surface area contributed by atoms with Crippen LogP contribution in [0.15, 0.2) is 41.8 Å². The number of benzene rings is 1. The maximum Gasteiger partial charge on any atom is 0.247 e. The minimum absolute atomic E-state index is 0.0226. The van der Waals surface area contributed by atoms with E-state index in [1.54, 1.807) is 11.3 Å². The van der Waals surface area contributed by atoms with Gasteiger partial charge in [0.1, 0.15) is 6.04 Å². The molecule has 2 aliphatic carbocycles. The summed E-state index contributed by atoms with van der Waals surface area (Å²) >= 11 is 1.60. The van der Waals surface area contributed by atoms with Gasteiger partial charge in [-0.15, -0.1) is 11.3 Å². The van der Waals surface area contributed by atoms with Crippen LogP contribution in [-0.4, -0.2) is 28.8 Å². The molecule has 2 aromatic rings. The third-order valence-electron chi connectivity index (χ3n) is 6.28. The second kappa shape index (κ2) is 9.34. The molecular weight excluding hydrogens is 392 g/mol. The van der Waals surface area contributed by atoms with Crippen molar-refractivity contribution >= 4 is 23.2 Å². The van der Waals surface area contributed by atoms with Crippen LogP contribution in [0.25, 0.3) is 0 Å². The molecule has 160 valence electrons. The van der Waals surface area contributed by atoms with Crippen molar-refractivity contribution in [1.82, 2.24) is 10.2 Å². The predicted octanol–water partition coefficient (Wildman–Crippen LogP) is 5.21. The third-order valence-corrected chi connectivity index (χ3v) is 7.16. The lowest BCUT2D eigenvalue weighted by Crippen LogP contribution is -2.47. The lowest BCUT2D eigenvalue weighted by molar-refractivity contribution is -0.141. The van der Waals surface area contributed by atoms with Crippen LogP contribution in [0, 0.1) is 0 Å². The van der Waals surface area contributed by atoms with Crippen molar-refractivity contribution in [2.45, 2.75) is 82.8 Å². The molecule has 0 unspecified atom stereocenters. The smallest absolute Gasteiger partial charge is 0.247 e. The molecule has 4 rings (SSSR count). The molecular formula is C25H32N2O2S. The van der Waals surface area contributed by atoms with Crippen molar-refractivity contribution in [3.63, 3.8) is 0 Å². The number of hydrogen-bond acceptors (Lipinski definition) is 3. The first-order valence-corrected chi connectivity index (χ1v) is 12.1. The van der Waals surface area contributed by atoms with Crippen LogP contribution in [0.1, 0.15) is 80.3 Å². The summed E-state index contributed by atoms with van der Waals surface area (Å²) in [6, 6.07) is 12.1. The quantitative estimate of drug-likeness (QED) is 0.633. The molecule has 1 heterocycles. The van der Waals surface area contributed by atoms with Crippen molar-refractivity contribution in [3.8, 4) is 0 Å². The SMILES string of the molecule is CC(C)c1ccc([C@@H](C(=O)NC2CCCC2)N(C(=O)Cc2cccs2)C2CC2)cc1. The summed E-state index contributed by atoms with van der Waals surface area (Å²) in [6.45, 7) is 4.33. The minimum Gasteiger partial charge on any atom is -0.351 e. The van der Waals surface area contributed by atoms with Crippen molar-refractivity contribution in [2.75, 3.05) is 0 Å². The van der Waals surface area contributed by atoms with E-state index in [0.29, 0.717) is 12.3 Å². The van der Waals surface area contributed by atoms with Gasteiger partial charge in [0.15, 0.2) is 0 Å². The van der Waals surface area contributed by atoms with E-state index in [0.717, 1.165) is 36.1 Å². The van der Waals surface area contributed by atoms with Gasteiger partial charge in [0.05, 0.1) is 6.42 Å². The molecule has 1 aromatic carbocycles. The highest BCUT2D eigenvalue weighted by Gasteiger charge is 2.41. The molecule has 0 spiro atoms. The highest BCUT2D eigenvalue weighted by molar-refractivity contribution is 7.10. The number of carbonyl (C=O) groups excluding carboxylic acids is 2. The van der Waals surface area contributed by atoms with Crippen molar-refractivity contribution in [1.29, 1.82) is 0 Å². The van der Waals surface area contributed by atoms with Crippen molar-refractivity contribution in [3.05, 3.63) is 57.8 Å². The molecule has 1 aromatic heterocycles. The lowest BCUT2D eigenvalue weighted by atomic mass is 9.97. The fourth-order valence-electron chi connectivity index (χ4n) is 4.42. The fourth-order valence-corrected chi connectivity index (χ4v) is 5.11. The summed E-state index contributed by atoms with van der Waals surface area (Å²) in [5.74, 6) is 0.467. The normalized spacial score (nSPS) is 17.8. The summed E-state index contributed by atoms with van der Waals surface area (Å²) < 4.78 is 0. The lowest BCUT2D eigenvalue weighted by Gasteiger charge is -2.32. The maximum atomic E-state index is 13.5. The van der Waals surface area contributed by atoms with Crippen LogP contribution in [-0.2, 0) is 16.0 Å². The second-order valence-electron chi connectivity index (χ2n) is 9.00. The van der Waals surface area contributed by atoms with Crippen LogP contribution in [0.2, 0.25) is 0 Å². The number of rotatable bonds is 8. The Hall–Kier alpha value is -2.14. The van der Waals surface area contributed by atoms with Crippen LogP contribution < -0.4 is 5.32 Å². The van der Waals surface area contributed by atoms with Gasteiger partial charge in [0.25, 0.3) is 0 Å². The van der Waals surface area contributed by atoms with E-state index in [2.05, 4.69) is 31.3 Å². The summed E-state index contributed by atoms with van der Waals surface area (Å²) in [6.07, 6.45) is 6.74. The molecule has 2 amide bonds. The molecule has 30 heavy (non-hydrogen) atoms. The molecule has 5 heteroatoms. The second-order valence-corrected chi connectivity index (χ2v) is 10.0. The Bertz CT molecular complexity index is 850. The molecule has 1 atom stereocenters. The Morgan fingerprint density at radius 2 is 1.70 bits per heavy atom. The maximum absolute atomic E-state index is 13.5. The summed E-state index contributed by atoms with van der Waals surface area (Å²) in [5.41, 5.74) is 2.16. The van der Waals surface area contributed by atoms with E-state index < -0.39 is 6.04 Å². The van der Waals surface area contributed by atoms with E-state index in [-0.39, 0.29) is 23.9 Å². The van der Waals surface area contributed by atoms with Gasteiger partial charge in [-0.25, -0.2) is 0 Å². The fraction of sp³-hybridized carbons (Fsp3) is 0.520. The van der Waals surface area contributed by atoms with Gasteiger partial charge in [-0.1, -0.05) is 57.0 Å². The van der Waals surface area contributed by atoms with Crippen LogP contribution in [0.4, 0.5) is 0 Å². The van der Waals surface area contributed by atoms with Crippen LogP contribution in [0.3, 0.4) is 0 Å². The zero-order valence-electron chi connectivity index (χ0n) is 18.0. The number of nitrogens with one attached hydrogen (secondary N) is 1. The van der Waals surface area contributed by atoms with Crippen LogP contribution >= 0.6 is 11.3 Å². The molecule has 0 bridgehead atoms. The third kappa shape index (κ3) is 4.94. The Balaban J connectivity index is 1.62. The summed E-state index contributed by atoms with van der Waals surface area (Å²) in [5, 5.41) is 5.26. The average molecular weight is 425 g/mol. The van der Waals surface area contributed by atoms with Gasteiger partial charge < -0.3 is 10.2 Å². The van der Waals surface area contributed by atoms with E-state index in [4.69, 9.17) is 0 Å². The van der Waals surface area contributed by atoms with Gasteiger partial charge >= 0.3 is 0 Å². The largest absolute Gasteiger partial charge is 0.351 e. The molecule has 0 radical (unpaired) electrons. The first kappa shape index (κ1) is 21.1. The van der Waals surface area contributed by atoms with Crippen LogP contribution in [0.5, 0.6) is 0 Å². The first-order chi connectivity index (χ1) is 14.5.